The summed E-state index contributed by atoms with van der Waals surface area (Å²) in [6, 6.07) is 4.00. The molecule has 1 aliphatic rings. The van der Waals surface area contributed by atoms with E-state index in [2.05, 4.69) is 26.3 Å². The van der Waals surface area contributed by atoms with Crippen LogP contribution < -0.4 is 10.2 Å². The molecule has 21 heavy (non-hydrogen) atoms. The van der Waals surface area contributed by atoms with Gasteiger partial charge in [-0.05, 0) is 12.1 Å². The molecule has 110 valence electrons. The maximum Gasteiger partial charge on any atom is 0.407 e. The van der Waals surface area contributed by atoms with Crippen LogP contribution in [-0.4, -0.2) is 59.3 Å². The molecule has 0 radical (unpaired) electrons. The van der Waals surface area contributed by atoms with Crippen molar-refractivity contribution in [3.8, 4) is 0 Å². The molecule has 7 nitrogen and oxygen atoms in total. The van der Waals surface area contributed by atoms with Crippen molar-refractivity contribution in [2.24, 2.45) is 0 Å². The Labute approximate surface area is 122 Å². The van der Waals surface area contributed by atoms with Crippen molar-refractivity contribution in [3.63, 3.8) is 0 Å². The number of amides is 1. The Morgan fingerprint density at radius 1 is 1.29 bits per heavy atom. The van der Waals surface area contributed by atoms with Crippen LogP contribution in [0.5, 0.6) is 0 Å². The minimum absolute atomic E-state index is 0.519. The minimum atomic E-state index is -0.851. The Balaban J connectivity index is 1.84. The summed E-state index contributed by atoms with van der Waals surface area (Å²) in [4.78, 5) is 23.2. The van der Waals surface area contributed by atoms with Gasteiger partial charge >= 0.3 is 6.09 Å². The molecule has 1 fully saturated rings. The van der Waals surface area contributed by atoms with E-state index in [1.54, 1.807) is 6.20 Å². The van der Waals surface area contributed by atoms with Gasteiger partial charge in [-0.3, -0.25) is 4.98 Å². The summed E-state index contributed by atoms with van der Waals surface area (Å²) in [7, 11) is 1.82. The highest BCUT2D eigenvalue weighted by atomic mass is 16.4. The van der Waals surface area contributed by atoms with Gasteiger partial charge in [-0.25, -0.2) is 9.78 Å². The second kappa shape index (κ2) is 5.43. The number of piperazine rings is 1. The highest BCUT2D eigenvalue weighted by Crippen LogP contribution is 2.24. The maximum absolute atomic E-state index is 10.9. The number of nitrogens with one attached hydrogen (secondary N) is 1. The maximum atomic E-state index is 10.9. The summed E-state index contributed by atoms with van der Waals surface area (Å²) in [5.74, 6) is 0.759. The molecule has 2 aromatic rings. The monoisotopic (exact) mass is 287 g/mol. The van der Waals surface area contributed by atoms with Crippen LogP contribution in [0.1, 0.15) is 0 Å². The Kier molecular flexibility index (Phi) is 3.47. The fourth-order valence-corrected chi connectivity index (χ4v) is 2.56. The molecule has 2 aromatic heterocycles. The molecule has 0 atom stereocenters. The zero-order valence-corrected chi connectivity index (χ0v) is 11.8. The van der Waals surface area contributed by atoms with E-state index in [1.807, 2.05) is 19.3 Å². The van der Waals surface area contributed by atoms with Crippen molar-refractivity contribution < 1.29 is 9.90 Å². The Bertz CT molecular complexity index is 667. The molecule has 3 heterocycles. The first-order valence-electron chi connectivity index (χ1n) is 6.84. The Morgan fingerprint density at radius 2 is 2.05 bits per heavy atom. The standard InChI is InChI=1S/C14H17N5O2/c1-15-13-12-10(2-3-16-13)8-11(9-17-12)18-4-6-19(7-5-18)14(20)21/h2-3,8-9H,4-7H2,1H3,(H,15,16)(H,20,21). The summed E-state index contributed by atoms with van der Waals surface area (Å²) in [6.07, 6.45) is 2.72. The van der Waals surface area contributed by atoms with E-state index in [4.69, 9.17) is 5.11 Å². The number of fused-ring (bicyclic) bond motifs is 1. The molecule has 1 saturated heterocycles. The van der Waals surface area contributed by atoms with Crippen LogP contribution in [0.25, 0.3) is 10.9 Å². The number of aromatic nitrogens is 2. The molecule has 2 N–H and O–H groups in total. The van der Waals surface area contributed by atoms with Crippen LogP contribution in [0.15, 0.2) is 24.5 Å². The van der Waals surface area contributed by atoms with E-state index in [0.29, 0.717) is 26.2 Å². The zero-order valence-electron chi connectivity index (χ0n) is 11.8. The third kappa shape index (κ3) is 2.54. The van der Waals surface area contributed by atoms with Gasteiger partial charge in [0.25, 0.3) is 0 Å². The average molecular weight is 287 g/mol. The predicted octanol–water partition coefficient (Wildman–Crippen LogP) is 1.47. The first-order chi connectivity index (χ1) is 10.2. The molecule has 0 bridgehead atoms. The zero-order chi connectivity index (χ0) is 14.8. The predicted molar refractivity (Wildman–Crippen MR) is 80.9 cm³/mol. The first kappa shape index (κ1) is 13.4. The van der Waals surface area contributed by atoms with E-state index in [1.165, 1.54) is 4.90 Å². The Morgan fingerprint density at radius 3 is 2.71 bits per heavy atom. The van der Waals surface area contributed by atoms with Gasteiger partial charge in [-0.2, -0.15) is 0 Å². The van der Waals surface area contributed by atoms with Crippen LogP contribution in [0.2, 0.25) is 0 Å². The molecule has 3 rings (SSSR count). The van der Waals surface area contributed by atoms with Crippen molar-refractivity contribution in [2.75, 3.05) is 43.4 Å². The number of carbonyl (C=O) groups is 1. The van der Waals surface area contributed by atoms with Gasteiger partial charge in [0.1, 0.15) is 5.52 Å². The summed E-state index contributed by atoms with van der Waals surface area (Å²) in [6.45, 7) is 2.41. The van der Waals surface area contributed by atoms with Crippen LogP contribution in [0.4, 0.5) is 16.3 Å². The number of anilines is 2. The Hall–Kier alpha value is -2.57. The van der Waals surface area contributed by atoms with E-state index in [9.17, 15) is 4.79 Å². The molecule has 1 amide bonds. The average Bonchev–Trinajstić information content (AvgIpc) is 2.53. The topological polar surface area (TPSA) is 81.6 Å². The van der Waals surface area contributed by atoms with Gasteiger partial charge in [0, 0.05) is 44.8 Å². The highest BCUT2D eigenvalue weighted by Gasteiger charge is 2.20. The summed E-state index contributed by atoms with van der Waals surface area (Å²) >= 11 is 0. The molecule has 0 spiro atoms. The number of carboxylic acid groups (broad SMARTS) is 1. The van der Waals surface area contributed by atoms with Gasteiger partial charge in [-0.15, -0.1) is 0 Å². The second-order valence-corrected chi connectivity index (χ2v) is 4.93. The van der Waals surface area contributed by atoms with E-state index in [-0.39, 0.29) is 0 Å². The van der Waals surface area contributed by atoms with Crippen molar-refractivity contribution in [1.82, 2.24) is 14.9 Å². The highest BCUT2D eigenvalue weighted by molar-refractivity contribution is 5.89. The molecule has 0 saturated carbocycles. The lowest BCUT2D eigenvalue weighted by molar-refractivity contribution is 0.142. The molecule has 0 unspecified atom stereocenters. The summed E-state index contributed by atoms with van der Waals surface area (Å²) in [5, 5.41) is 13.0. The lowest BCUT2D eigenvalue weighted by Gasteiger charge is -2.34. The molecule has 0 aliphatic carbocycles. The lowest BCUT2D eigenvalue weighted by Crippen LogP contribution is -2.48. The van der Waals surface area contributed by atoms with Crippen LogP contribution >= 0.6 is 0 Å². The third-order valence-corrected chi connectivity index (χ3v) is 3.74. The van der Waals surface area contributed by atoms with Crippen LogP contribution in [-0.2, 0) is 0 Å². The molecular weight excluding hydrogens is 270 g/mol. The van der Waals surface area contributed by atoms with Gasteiger partial charge < -0.3 is 20.2 Å². The van der Waals surface area contributed by atoms with Crippen LogP contribution in [0, 0.1) is 0 Å². The number of pyridine rings is 2. The second-order valence-electron chi connectivity index (χ2n) is 4.93. The quantitative estimate of drug-likeness (QED) is 0.870. The van der Waals surface area contributed by atoms with Crippen molar-refractivity contribution >= 4 is 28.5 Å². The van der Waals surface area contributed by atoms with Gasteiger partial charge in [0.2, 0.25) is 0 Å². The molecule has 1 aliphatic heterocycles. The van der Waals surface area contributed by atoms with E-state index in [0.717, 1.165) is 22.4 Å². The fraction of sp³-hybridized carbons (Fsp3) is 0.357. The fourth-order valence-electron chi connectivity index (χ4n) is 2.56. The smallest absolute Gasteiger partial charge is 0.407 e. The number of hydrogen-bond acceptors (Lipinski definition) is 5. The van der Waals surface area contributed by atoms with Gasteiger partial charge in [0.15, 0.2) is 5.82 Å². The van der Waals surface area contributed by atoms with Gasteiger partial charge in [-0.1, -0.05) is 0 Å². The first-order valence-corrected chi connectivity index (χ1v) is 6.84. The lowest BCUT2D eigenvalue weighted by atomic mass is 10.2. The number of hydrogen-bond donors (Lipinski definition) is 2. The van der Waals surface area contributed by atoms with Gasteiger partial charge in [0.05, 0.1) is 11.9 Å². The molecule has 7 heteroatoms. The molecular formula is C14H17N5O2. The minimum Gasteiger partial charge on any atom is -0.465 e. The van der Waals surface area contributed by atoms with E-state index < -0.39 is 6.09 Å². The summed E-state index contributed by atoms with van der Waals surface area (Å²) < 4.78 is 0. The number of nitrogens with zero attached hydrogens (tertiary/aromatic N) is 4. The largest absolute Gasteiger partial charge is 0.465 e. The SMILES string of the molecule is CNc1nccc2cc(N3CCN(C(=O)O)CC3)cnc12. The van der Waals surface area contributed by atoms with Crippen molar-refractivity contribution in [3.05, 3.63) is 24.5 Å². The number of rotatable bonds is 2. The van der Waals surface area contributed by atoms with Crippen LogP contribution in [0.3, 0.4) is 0 Å². The van der Waals surface area contributed by atoms with Crippen molar-refractivity contribution in [2.45, 2.75) is 0 Å². The molecule has 0 aromatic carbocycles. The van der Waals surface area contributed by atoms with E-state index >= 15 is 0 Å². The third-order valence-electron chi connectivity index (χ3n) is 3.74. The van der Waals surface area contributed by atoms with Crippen molar-refractivity contribution in [1.29, 1.82) is 0 Å². The normalized spacial score (nSPS) is 15.3. The summed E-state index contributed by atoms with van der Waals surface area (Å²) in [5.41, 5.74) is 1.86.